The van der Waals surface area contributed by atoms with E-state index >= 15 is 0 Å². The normalized spacial score (nSPS) is 10.6. The SMILES string of the molecule is Cc1n[nH]c(=S)n1-c1cc(Cl)ccc1Cl. The van der Waals surface area contributed by atoms with Crippen LogP contribution in [0.4, 0.5) is 0 Å². The van der Waals surface area contributed by atoms with Gasteiger partial charge in [0.1, 0.15) is 5.82 Å². The summed E-state index contributed by atoms with van der Waals surface area (Å²) in [5, 5.41) is 7.90. The van der Waals surface area contributed by atoms with Crippen LogP contribution in [0.25, 0.3) is 5.69 Å². The molecule has 1 N–H and O–H groups in total. The molecule has 0 saturated heterocycles. The van der Waals surface area contributed by atoms with Crippen molar-refractivity contribution in [3.63, 3.8) is 0 Å². The number of aromatic nitrogens is 3. The molecule has 1 aromatic carbocycles. The Labute approximate surface area is 102 Å². The first-order valence-electron chi connectivity index (χ1n) is 4.19. The molecule has 0 bridgehead atoms. The molecule has 15 heavy (non-hydrogen) atoms. The molecule has 0 atom stereocenters. The predicted octanol–water partition coefficient (Wildman–Crippen LogP) is 3.55. The lowest BCUT2D eigenvalue weighted by molar-refractivity contribution is 0.963. The molecule has 1 aromatic heterocycles. The highest BCUT2D eigenvalue weighted by Crippen LogP contribution is 2.25. The van der Waals surface area contributed by atoms with Gasteiger partial charge >= 0.3 is 0 Å². The van der Waals surface area contributed by atoms with Gasteiger partial charge in [0.05, 0.1) is 10.7 Å². The first kappa shape index (κ1) is 10.7. The van der Waals surface area contributed by atoms with Gasteiger partial charge in [-0.05, 0) is 37.3 Å². The standard InChI is InChI=1S/C9H7Cl2N3S/c1-5-12-13-9(15)14(5)8-4-6(10)2-3-7(8)11/h2-4H,1H3,(H,13,15). The van der Waals surface area contributed by atoms with Gasteiger partial charge in [0, 0.05) is 5.02 Å². The number of H-pyrrole nitrogens is 1. The van der Waals surface area contributed by atoms with Crippen molar-refractivity contribution >= 4 is 35.4 Å². The Balaban J connectivity index is 2.74. The molecule has 0 radical (unpaired) electrons. The van der Waals surface area contributed by atoms with Crippen molar-refractivity contribution in [3.05, 3.63) is 38.8 Å². The summed E-state index contributed by atoms with van der Waals surface area (Å²) < 4.78 is 2.24. The van der Waals surface area contributed by atoms with Crippen LogP contribution in [-0.2, 0) is 0 Å². The van der Waals surface area contributed by atoms with Crippen molar-refractivity contribution in [1.29, 1.82) is 0 Å². The van der Waals surface area contributed by atoms with Gasteiger partial charge in [-0.25, -0.2) is 0 Å². The molecule has 0 unspecified atom stereocenters. The summed E-state index contributed by atoms with van der Waals surface area (Å²) >= 11 is 17.1. The fourth-order valence-electron chi connectivity index (χ4n) is 1.32. The minimum absolute atomic E-state index is 0.497. The van der Waals surface area contributed by atoms with Gasteiger partial charge in [-0.1, -0.05) is 23.2 Å². The summed E-state index contributed by atoms with van der Waals surface area (Å²) in [5.74, 6) is 0.740. The summed E-state index contributed by atoms with van der Waals surface area (Å²) in [7, 11) is 0. The van der Waals surface area contributed by atoms with Crippen LogP contribution < -0.4 is 0 Å². The van der Waals surface area contributed by atoms with Crippen molar-refractivity contribution in [2.24, 2.45) is 0 Å². The van der Waals surface area contributed by atoms with E-state index < -0.39 is 0 Å². The highest BCUT2D eigenvalue weighted by atomic mass is 35.5. The van der Waals surface area contributed by atoms with E-state index in [4.69, 9.17) is 35.4 Å². The van der Waals surface area contributed by atoms with E-state index in [0.717, 1.165) is 11.5 Å². The van der Waals surface area contributed by atoms with Crippen LogP contribution >= 0.6 is 35.4 Å². The number of nitrogens with zero attached hydrogens (tertiary/aromatic N) is 2. The molecule has 0 saturated carbocycles. The summed E-state index contributed by atoms with van der Waals surface area (Å²) in [6, 6.07) is 5.21. The maximum absolute atomic E-state index is 6.06. The molecular formula is C9H7Cl2N3S. The lowest BCUT2D eigenvalue weighted by Crippen LogP contribution is -1.97. The van der Waals surface area contributed by atoms with Crippen LogP contribution in [0, 0.1) is 11.7 Å². The number of halogens is 2. The van der Waals surface area contributed by atoms with Gasteiger partial charge in [0.15, 0.2) is 4.77 Å². The number of aryl methyl sites for hydroxylation is 1. The third kappa shape index (κ3) is 1.93. The van der Waals surface area contributed by atoms with Crippen LogP contribution in [0.15, 0.2) is 18.2 Å². The highest BCUT2D eigenvalue weighted by molar-refractivity contribution is 7.71. The molecule has 1 heterocycles. The minimum atomic E-state index is 0.497. The maximum Gasteiger partial charge on any atom is 0.199 e. The zero-order valence-electron chi connectivity index (χ0n) is 7.79. The van der Waals surface area contributed by atoms with Crippen LogP contribution in [0.2, 0.25) is 10.0 Å². The second kappa shape index (κ2) is 3.96. The molecule has 0 fully saturated rings. The van der Waals surface area contributed by atoms with E-state index in [-0.39, 0.29) is 0 Å². The Hall–Kier alpha value is -0.840. The number of nitrogens with one attached hydrogen (secondary N) is 1. The van der Waals surface area contributed by atoms with Crippen LogP contribution in [0.5, 0.6) is 0 Å². The van der Waals surface area contributed by atoms with Crippen molar-refractivity contribution in [2.75, 3.05) is 0 Å². The highest BCUT2D eigenvalue weighted by Gasteiger charge is 2.08. The summed E-state index contributed by atoms with van der Waals surface area (Å²) in [6.45, 7) is 1.84. The average molecular weight is 260 g/mol. The average Bonchev–Trinajstić information content (AvgIpc) is 2.51. The molecule has 0 amide bonds. The maximum atomic E-state index is 6.06. The van der Waals surface area contributed by atoms with Gasteiger partial charge in [-0.15, -0.1) is 0 Å². The lowest BCUT2D eigenvalue weighted by Gasteiger charge is -2.06. The molecule has 0 aliphatic carbocycles. The zero-order valence-corrected chi connectivity index (χ0v) is 10.1. The third-order valence-corrected chi connectivity index (χ3v) is 2.82. The van der Waals surface area contributed by atoms with E-state index in [2.05, 4.69) is 10.2 Å². The Morgan fingerprint density at radius 3 is 2.73 bits per heavy atom. The fourth-order valence-corrected chi connectivity index (χ4v) is 1.96. The Morgan fingerprint density at radius 2 is 2.13 bits per heavy atom. The first-order valence-corrected chi connectivity index (χ1v) is 5.35. The number of hydrogen-bond acceptors (Lipinski definition) is 2. The minimum Gasteiger partial charge on any atom is -0.271 e. The van der Waals surface area contributed by atoms with Gasteiger partial charge in [-0.2, -0.15) is 5.10 Å². The van der Waals surface area contributed by atoms with Gasteiger partial charge in [0.25, 0.3) is 0 Å². The predicted molar refractivity (Wildman–Crippen MR) is 63.5 cm³/mol. The molecule has 0 aliphatic heterocycles. The van der Waals surface area contributed by atoms with E-state index in [0.29, 0.717) is 14.8 Å². The molecule has 0 spiro atoms. The van der Waals surface area contributed by atoms with E-state index in [1.165, 1.54) is 0 Å². The zero-order chi connectivity index (χ0) is 11.0. The molecular weight excluding hydrogens is 253 g/mol. The fraction of sp³-hybridized carbons (Fsp3) is 0.111. The molecule has 6 heteroatoms. The molecule has 3 nitrogen and oxygen atoms in total. The third-order valence-electron chi connectivity index (χ3n) is 1.99. The summed E-state index contributed by atoms with van der Waals surface area (Å²) in [6.07, 6.45) is 0. The van der Waals surface area contributed by atoms with Crippen molar-refractivity contribution in [2.45, 2.75) is 6.92 Å². The molecule has 78 valence electrons. The van der Waals surface area contributed by atoms with Gasteiger partial charge < -0.3 is 0 Å². The Bertz CT molecular complexity index is 559. The second-order valence-electron chi connectivity index (χ2n) is 3.01. The van der Waals surface area contributed by atoms with E-state index in [1.807, 2.05) is 6.92 Å². The molecule has 2 aromatic rings. The summed E-state index contributed by atoms with van der Waals surface area (Å²) in [5.41, 5.74) is 0.736. The Morgan fingerprint density at radius 1 is 1.40 bits per heavy atom. The number of aromatic amines is 1. The van der Waals surface area contributed by atoms with Crippen molar-refractivity contribution in [1.82, 2.24) is 14.8 Å². The van der Waals surface area contributed by atoms with Crippen LogP contribution in [-0.4, -0.2) is 14.8 Å². The lowest BCUT2D eigenvalue weighted by atomic mass is 10.3. The van der Waals surface area contributed by atoms with Crippen LogP contribution in [0.3, 0.4) is 0 Å². The van der Waals surface area contributed by atoms with Gasteiger partial charge in [-0.3, -0.25) is 9.67 Å². The topological polar surface area (TPSA) is 33.6 Å². The first-order chi connectivity index (χ1) is 7.09. The molecule has 2 rings (SSSR count). The van der Waals surface area contributed by atoms with Crippen LogP contribution in [0.1, 0.15) is 5.82 Å². The van der Waals surface area contributed by atoms with Gasteiger partial charge in [0.2, 0.25) is 0 Å². The molecule has 0 aliphatic rings. The number of benzene rings is 1. The monoisotopic (exact) mass is 259 g/mol. The summed E-state index contributed by atoms with van der Waals surface area (Å²) in [4.78, 5) is 0. The second-order valence-corrected chi connectivity index (χ2v) is 4.24. The van der Waals surface area contributed by atoms with Crippen molar-refractivity contribution in [3.8, 4) is 5.69 Å². The number of hydrogen-bond donors (Lipinski definition) is 1. The van der Waals surface area contributed by atoms with E-state index in [9.17, 15) is 0 Å². The quantitative estimate of drug-likeness (QED) is 0.795. The largest absolute Gasteiger partial charge is 0.271 e. The van der Waals surface area contributed by atoms with Crippen molar-refractivity contribution < 1.29 is 0 Å². The smallest absolute Gasteiger partial charge is 0.199 e. The van der Waals surface area contributed by atoms with E-state index in [1.54, 1.807) is 22.8 Å². The number of rotatable bonds is 1. The Kier molecular flexibility index (Phi) is 2.82.